The fraction of sp³-hybridized carbons (Fsp3) is 0.321. The molecule has 42 heavy (non-hydrogen) atoms. The van der Waals surface area contributed by atoms with E-state index in [4.69, 9.17) is 14.2 Å². The number of anilines is 2. The van der Waals surface area contributed by atoms with Crippen LogP contribution in [0.2, 0.25) is 0 Å². The van der Waals surface area contributed by atoms with Gasteiger partial charge in [-0.25, -0.2) is 9.37 Å². The molecule has 222 valence electrons. The number of alkyl halides is 1. The molecule has 0 radical (unpaired) electrons. The maximum Gasteiger partial charge on any atom is 0.251 e. The van der Waals surface area contributed by atoms with Gasteiger partial charge in [0.05, 0.1) is 20.3 Å². The molecular weight excluding hydrogens is 699 g/mol. The van der Waals surface area contributed by atoms with E-state index in [2.05, 4.69) is 42.1 Å². The van der Waals surface area contributed by atoms with Crippen molar-refractivity contribution < 1.29 is 32.6 Å². The number of rotatable bonds is 8. The highest BCUT2D eigenvalue weighted by atomic mass is 127. The highest BCUT2D eigenvalue weighted by Gasteiger charge is 2.45. The second-order valence-electron chi connectivity index (χ2n) is 9.69. The second-order valence-corrected chi connectivity index (χ2v) is 12.0. The third kappa shape index (κ3) is 6.61. The number of hydrogen-bond acceptors (Lipinski definition) is 7. The zero-order valence-corrected chi connectivity index (χ0v) is 27.0. The molecule has 3 aromatic rings. The summed E-state index contributed by atoms with van der Waals surface area (Å²) in [5.74, 6) is -0.845. The van der Waals surface area contributed by atoms with E-state index in [-0.39, 0.29) is 23.7 Å². The smallest absolute Gasteiger partial charge is 0.251 e. The zero-order chi connectivity index (χ0) is 30.0. The molecule has 3 heterocycles. The Hall–Kier alpha value is -2.66. The summed E-state index contributed by atoms with van der Waals surface area (Å²) in [7, 11) is 6.12. The second kappa shape index (κ2) is 13.3. The summed E-state index contributed by atoms with van der Waals surface area (Å²) < 4.78 is 45.1. The lowest BCUT2D eigenvalue weighted by Gasteiger charge is -2.28. The maximum atomic E-state index is 15.3. The van der Waals surface area contributed by atoms with E-state index in [0.29, 0.717) is 37.9 Å². The first-order chi connectivity index (χ1) is 20.2. The summed E-state index contributed by atoms with van der Waals surface area (Å²) in [4.78, 5) is 35.2. The Bertz CT molecular complexity index is 1450. The number of ether oxygens (including phenoxy) is 3. The number of amides is 2. The fourth-order valence-electron chi connectivity index (χ4n) is 5.08. The van der Waals surface area contributed by atoms with E-state index in [1.165, 1.54) is 35.2 Å². The van der Waals surface area contributed by atoms with Gasteiger partial charge in [0.1, 0.15) is 23.4 Å². The van der Waals surface area contributed by atoms with E-state index < -0.39 is 35.7 Å². The Kier molecular flexibility index (Phi) is 9.77. The van der Waals surface area contributed by atoms with Crippen LogP contribution in [0.5, 0.6) is 11.5 Å². The molecule has 0 saturated carbocycles. The molecule has 0 aliphatic carbocycles. The average Bonchev–Trinajstić information content (AvgIpc) is 3.28. The van der Waals surface area contributed by atoms with Gasteiger partial charge in [0.25, 0.3) is 11.8 Å². The molecule has 2 fully saturated rings. The minimum Gasteiger partial charge on any atom is -0.497 e. The van der Waals surface area contributed by atoms with Gasteiger partial charge in [-0.3, -0.25) is 14.5 Å². The number of carbonyl (C=O) groups excluding carboxylic acids is 2. The molecule has 5 rings (SSSR count). The van der Waals surface area contributed by atoms with Crippen molar-refractivity contribution in [1.82, 2.24) is 10.3 Å². The molecule has 1 N–H and O–H groups in total. The highest BCUT2D eigenvalue weighted by Crippen LogP contribution is 2.37. The molecule has 2 saturated heterocycles. The quantitative estimate of drug-likeness (QED) is 0.280. The van der Waals surface area contributed by atoms with Crippen LogP contribution in [0, 0.1) is 9.39 Å². The van der Waals surface area contributed by atoms with Crippen LogP contribution in [-0.2, 0) is 9.53 Å². The van der Waals surface area contributed by atoms with Gasteiger partial charge in [-0.15, -0.1) is 9.24 Å². The molecule has 3 unspecified atom stereocenters. The highest BCUT2D eigenvalue weighted by molar-refractivity contribution is 14.1. The first-order valence-corrected chi connectivity index (χ1v) is 15.4. The van der Waals surface area contributed by atoms with Crippen molar-refractivity contribution in [3.8, 4) is 11.5 Å². The lowest BCUT2D eigenvalue weighted by Crippen LogP contribution is -2.44. The number of benzene rings is 2. The fourth-order valence-corrected chi connectivity index (χ4v) is 7.09. The van der Waals surface area contributed by atoms with E-state index in [1.807, 2.05) is 26.3 Å². The molecule has 0 bridgehead atoms. The Morgan fingerprint density at radius 2 is 1.88 bits per heavy atom. The summed E-state index contributed by atoms with van der Waals surface area (Å²) in [5.41, 5.74) is 1.06. The Balaban J connectivity index is 1.49. The van der Waals surface area contributed by atoms with Crippen LogP contribution < -0.4 is 29.9 Å². The number of hydrogen-bond donors (Lipinski definition) is 1. The standard InChI is InChI=1S/C28H29F2IN4O5P2/c1-38-17-12-20(31)23(21(41)13-17)18-14-35(25-19(29)6-7-22(32-25)34-8-10-39-11-9-34)27(37)24(18)33-26(36)15-2-4-16(5-3-15)40-28(30)42/h2-7,12-13,18,24,28H,8-11,14,41-42H2,1H3,(H,33,36)/t18-,24-,28?/m0/s1. The third-order valence-corrected chi connectivity index (χ3v) is 8.62. The maximum absolute atomic E-state index is 15.3. The van der Waals surface area contributed by atoms with Gasteiger partial charge < -0.3 is 24.4 Å². The molecule has 2 aliphatic heterocycles. The van der Waals surface area contributed by atoms with E-state index in [0.717, 1.165) is 14.4 Å². The van der Waals surface area contributed by atoms with Crippen molar-refractivity contribution in [1.29, 1.82) is 0 Å². The molecule has 5 atom stereocenters. The SMILES string of the molecule is COc1cc(P)c([C@@H]2CN(c3nc(N4CCOCC4)ccc3F)C(=O)[C@H]2NC(=O)c2ccc(OC(F)P)cc2)c(I)c1. The first-order valence-electron chi connectivity index (χ1n) is 13.1. The van der Waals surface area contributed by atoms with Crippen LogP contribution in [0.3, 0.4) is 0 Å². The van der Waals surface area contributed by atoms with Gasteiger partial charge in [0.15, 0.2) is 11.6 Å². The van der Waals surface area contributed by atoms with E-state index >= 15 is 4.39 Å². The number of nitrogens with zero attached hydrogens (tertiary/aromatic N) is 3. The Morgan fingerprint density at radius 3 is 2.52 bits per heavy atom. The summed E-state index contributed by atoms with van der Waals surface area (Å²) in [6, 6.07) is 11.4. The van der Waals surface area contributed by atoms with Gasteiger partial charge in [-0.2, -0.15) is 4.39 Å². The molecule has 14 heteroatoms. The van der Waals surface area contributed by atoms with Crippen molar-refractivity contribution in [2.24, 2.45) is 0 Å². The van der Waals surface area contributed by atoms with Gasteiger partial charge >= 0.3 is 0 Å². The summed E-state index contributed by atoms with van der Waals surface area (Å²) in [5, 5.41) is 3.65. The van der Waals surface area contributed by atoms with E-state index in [9.17, 15) is 14.0 Å². The molecule has 2 amide bonds. The number of aromatic nitrogens is 1. The summed E-state index contributed by atoms with van der Waals surface area (Å²) in [6.45, 7) is 2.34. The van der Waals surface area contributed by atoms with Crippen molar-refractivity contribution in [3.05, 3.63) is 69.0 Å². The van der Waals surface area contributed by atoms with Crippen LogP contribution in [0.25, 0.3) is 0 Å². The molecule has 2 aliphatic rings. The van der Waals surface area contributed by atoms with E-state index in [1.54, 1.807) is 13.2 Å². The van der Waals surface area contributed by atoms with Crippen molar-refractivity contribution in [3.63, 3.8) is 0 Å². The zero-order valence-electron chi connectivity index (χ0n) is 22.6. The van der Waals surface area contributed by atoms with Crippen molar-refractivity contribution >= 4 is 69.8 Å². The lowest BCUT2D eigenvalue weighted by atomic mass is 9.93. The molecule has 0 spiro atoms. The monoisotopic (exact) mass is 728 g/mol. The number of carbonyl (C=O) groups is 2. The van der Waals surface area contributed by atoms with Crippen LogP contribution in [0.15, 0.2) is 48.5 Å². The van der Waals surface area contributed by atoms with Gasteiger partial charge in [0, 0.05) is 34.7 Å². The number of halogens is 3. The van der Waals surface area contributed by atoms with Crippen LogP contribution >= 0.6 is 41.1 Å². The van der Waals surface area contributed by atoms with Gasteiger partial charge in [-0.05, 0) is 82.0 Å². The Labute approximate surface area is 260 Å². The minimum atomic E-state index is -1.59. The number of pyridine rings is 1. The molecule has 1 aromatic heterocycles. The molecule has 2 aromatic carbocycles. The summed E-state index contributed by atoms with van der Waals surface area (Å²) >= 11 is 2.17. The number of methoxy groups -OCH3 is 1. The average molecular weight is 728 g/mol. The number of nitrogens with one attached hydrogen (secondary N) is 1. The van der Waals surface area contributed by atoms with Gasteiger partial charge in [0.2, 0.25) is 6.10 Å². The molecular formula is C28H29F2IN4O5P2. The predicted octanol–water partition coefficient (Wildman–Crippen LogP) is 3.61. The first kappa shape index (κ1) is 30.8. The summed E-state index contributed by atoms with van der Waals surface area (Å²) in [6.07, 6.45) is -1.59. The Morgan fingerprint density at radius 1 is 1.17 bits per heavy atom. The number of morpholine rings is 1. The van der Waals surface area contributed by atoms with Crippen LogP contribution in [-0.4, -0.2) is 68.9 Å². The molecule has 9 nitrogen and oxygen atoms in total. The van der Waals surface area contributed by atoms with Crippen molar-refractivity contribution in [2.75, 3.05) is 49.8 Å². The van der Waals surface area contributed by atoms with Crippen molar-refractivity contribution in [2.45, 2.75) is 18.1 Å². The topological polar surface area (TPSA) is 93.2 Å². The van der Waals surface area contributed by atoms with Gasteiger partial charge in [-0.1, -0.05) is 9.24 Å². The lowest BCUT2D eigenvalue weighted by molar-refractivity contribution is -0.118. The predicted molar refractivity (Wildman–Crippen MR) is 170 cm³/mol. The van der Waals surface area contributed by atoms with Crippen LogP contribution in [0.4, 0.5) is 20.4 Å². The third-order valence-electron chi connectivity index (χ3n) is 7.11. The minimum absolute atomic E-state index is 0.0861. The largest absolute Gasteiger partial charge is 0.497 e. The van der Waals surface area contributed by atoms with Crippen LogP contribution in [0.1, 0.15) is 21.8 Å². The normalized spacial score (nSPS) is 19.5.